The highest BCUT2D eigenvalue weighted by Gasteiger charge is 2.18. The average molecular weight is 260 g/mol. The molecular formula is C13H16N4O2. The molecule has 6 heteroatoms. The van der Waals surface area contributed by atoms with Crippen molar-refractivity contribution >= 4 is 23.2 Å². The van der Waals surface area contributed by atoms with Crippen LogP contribution in [0, 0.1) is 0 Å². The van der Waals surface area contributed by atoms with E-state index in [1.54, 1.807) is 4.90 Å². The number of fused-ring (bicyclic) bond motifs is 1. The lowest BCUT2D eigenvalue weighted by molar-refractivity contribution is -0.119. The molecule has 0 unspecified atom stereocenters. The van der Waals surface area contributed by atoms with E-state index in [-0.39, 0.29) is 0 Å². The molecule has 0 radical (unpaired) electrons. The summed E-state index contributed by atoms with van der Waals surface area (Å²) in [5.74, 6) is 0.674. The van der Waals surface area contributed by atoms with E-state index in [1.807, 2.05) is 18.2 Å². The molecule has 6 nitrogen and oxygen atoms in total. The molecule has 2 N–H and O–H groups in total. The van der Waals surface area contributed by atoms with E-state index in [0.29, 0.717) is 18.1 Å². The van der Waals surface area contributed by atoms with Crippen LogP contribution in [0.1, 0.15) is 5.89 Å². The number of amides is 1. The fraction of sp³-hybridized carbons (Fsp3) is 0.385. The van der Waals surface area contributed by atoms with Gasteiger partial charge in [0.05, 0.1) is 12.2 Å². The SMILES string of the molecule is Nc1cccc2oc(CN3CCN(C=O)CC3)nc12. The second kappa shape index (κ2) is 4.89. The minimum Gasteiger partial charge on any atom is -0.439 e. The number of nitrogens with zero attached hydrogens (tertiary/aromatic N) is 3. The first kappa shape index (κ1) is 12.0. The summed E-state index contributed by atoms with van der Waals surface area (Å²) >= 11 is 0. The Hall–Kier alpha value is -2.08. The van der Waals surface area contributed by atoms with Gasteiger partial charge < -0.3 is 15.1 Å². The lowest BCUT2D eigenvalue weighted by Crippen LogP contribution is -2.45. The van der Waals surface area contributed by atoms with Crippen molar-refractivity contribution in [3.05, 3.63) is 24.1 Å². The second-order valence-corrected chi connectivity index (χ2v) is 4.72. The van der Waals surface area contributed by atoms with Gasteiger partial charge in [-0.3, -0.25) is 9.69 Å². The van der Waals surface area contributed by atoms with Crippen molar-refractivity contribution in [3.63, 3.8) is 0 Å². The molecular weight excluding hydrogens is 244 g/mol. The first-order valence-electron chi connectivity index (χ1n) is 6.32. The number of para-hydroxylation sites is 1. The first-order valence-corrected chi connectivity index (χ1v) is 6.32. The monoisotopic (exact) mass is 260 g/mol. The molecule has 1 saturated heterocycles. The number of carbonyl (C=O) groups is 1. The number of benzene rings is 1. The number of anilines is 1. The Bertz CT molecular complexity index is 587. The van der Waals surface area contributed by atoms with Crippen molar-refractivity contribution < 1.29 is 9.21 Å². The van der Waals surface area contributed by atoms with Gasteiger partial charge in [-0.05, 0) is 12.1 Å². The summed E-state index contributed by atoms with van der Waals surface area (Å²) in [6.07, 6.45) is 0.900. The fourth-order valence-electron chi connectivity index (χ4n) is 2.30. The number of oxazole rings is 1. The molecule has 0 bridgehead atoms. The van der Waals surface area contributed by atoms with Gasteiger partial charge in [0.25, 0.3) is 0 Å². The molecule has 1 aromatic carbocycles. The third kappa shape index (κ3) is 2.39. The van der Waals surface area contributed by atoms with Crippen LogP contribution in [0.2, 0.25) is 0 Å². The summed E-state index contributed by atoms with van der Waals surface area (Å²) in [7, 11) is 0. The highest BCUT2D eigenvalue weighted by atomic mass is 16.3. The van der Waals surface area contributed by atoms with E-state index in [1.165, 1.54) is 0 Å². The zero-order chi connectivity index (χ0) is 13.2. The number of hydrogen-bond donors (Lipinski definition) is 1. The van der Waals surface area contributed by atoms with Crippen LogP contribution in [0.5, 0.6) is 0 Å². The number of piperazine rings is 1. The third-order valence-corrected chi connectivity index (χ3v) is 3.41. The Morgan fingerprint density at radius 3 is 2.79 bits per heavy atom. The lowest BCUT2D eigenvalue weighted by atomic mass is 10.3. The maximum absolute atomic E-state index is 10.6. The van der Waals surface area contributed by atoms with Gasteiger partial charge in [0, 0.05) is 26.2 Å². The van der Waals surface area contributed by atoms with Gasteiger partial charge in [0.15, 0.2) is 5.58 Å². The van der Waals surface area contributed by atoms with Crippen LogP contribution in [-0.2, 0) is 11.3 Å². The molecule has 1 aliphatic heterocycles. The topological polar surface area (TPSA) is 75.6 Å². The van der Waals surface area contributed by atoms with Crippen LogP contribution in [-0.4, -0.2) is 47.4 Å². The maximum Gasteiger partial charge on any atom is 0.209 e. The lowest BCUT2D eigenvalue weighted by Gasteiger charge is -2.31. The van der Waals surface area contributed by atoms with E-state index < -0.39 is 0 Å². The first-order chi connectivity index (χ1) is 9.26. The second-order valence-electron chi connectivity index (χ2n) is 4.72. The third-order valence-electron chi connectivity index (χ3n) is 3.41. The maximum atomic E-state index is 10.6. The van der Waals surface area contributed by atoms with Crippen molar-refractivity contribution in [2.24, 2.45) is 0 Å². The number of rotatable bonds is 3. The zero-order valence-electron chi connectivity index (χ0n) is 10.6. The van der Waals surface area contributed by atoms with Gasteiger partial charge in [-0.25, -0.2) is 4.98 Å². The number of carbonyl (C=O) groups excluding carboxylic acids is 1. The molecule has 3 rings (SSSR count). The largest absolute Gasteiger partial charge is 0.439 e. The Morgan fingerprint density at radius 2 is 2.11 bits per heavy atom. The van der Waals surface area contributed by atoms with Crippen molar-refractivity contribution in [1.82, 2.24) is 14.8 Å². The predicted molar refractivity (Wildman–Crippen MR) is 71.3 cm³/mol. The van der Waals surface area contributed by atoms with Crippen LogP contribution >= 0.6 is 0 Å². The Balaban J connectivity index is 1.72. The fourth-order valence-corrected chi connectivity index (χ4v) is 2.30. The molecule has 2 heterocycles. The summed E-state index contributed by atoms with van der Waals surface area (Å²) in [5, 5.41) is 0. The standard InChI is InChI=1S/C13H16N4O2/c14-10-2-1-3-11-13(10)15-12(19-11)8-16-4-6-17(9-18)7-5-16/h1-3,9H,4-8,14H2. The molecule has 0 aliphatic carbocycles. The summed E-state index contributed by atoms with van der Waals surface area (Å²) in [6.45, 7) is 3.85. The van der Waals surface area contributed by atoms with E-state index in [4.69, 9.17) is 10.2 Å². The number of nitrogens with two attached hydrogens (primary N) is 1. The summed E-state index contributed by atoms with van der Waals surface area (Å²) in [4.78, 5) is 19.1. The molecule has 0 spiro atoms. The molecule has 2 aromatic rings. The van der Waals surface area contributed by atoms with E-state index >= 15 is 0 Å². The minimum absolute atomic E-state index is 0.637. The normalized spacial score (nSPS) is 16.9. The molecule has 1 aliphatic rings. The quantitative estimate of drug-likeness (QED) is 0.649. The molecule has 0 atom stereocenters. The van der Waals surface area contributed by atoms with Crippen molar-refractivity contribution in [2.75, 3.05) is 31.9 Å². The van der Waals surface area contributed by atoms with Crippen LogP contribution in [0.4, 0.5) is 5.69 Å². The van der Waals surface area contributed by atoms with E-state index in [9.17, 15) is 4.79 Å². The molecule has 0 saturated carbocycles. The number of nitrogen functional groups attached to an aromatic ring is 1. The van der Waals surface area contributed by atoms with E-state index in [0.717, 1.165) is 43.7 Å². The Labute approximate surface area is 110 Å². The molecule has 100 valence electrons. The van der Waals surface area contributed by atoms with Crippen LogP contribution in [0.25, 0.3) is 11.1 Å². The predicted octanol–water partition coefficient (Wildman–Crippen LogP) is 0.684. The van der Waals surface area contributed by atoms with Crippen molar-refractivity contribution in [2.45, 2.75) is 6.54 Å². The van der Waals surface area contributed by atoms with Gasteiger partial charge in [-0.1, -0.05) is 6.07 Å². The highest BCUT2D eigenvalue weighted by Crippen LogP contribution is 2.22. The van der Waals surface area contributed by atoms with Gasteiger partial charge in [-0.15, -0.1) is 0 Å². The Kier molecular flexibility index (Phi) is 3.08. The summed E-state index contributed by atoms with van der Waals surface area (Å²) in [6, 6.07) is 5.54. The van der Waals surface area contributed by atoms with Crippen molar-refractivity contribution in [3.8, 4) is 0 Å². The molecule has 1 aromatic heterocycles. The van der Waals surface area contributed by atoms with Gasteiger partial charge in [0.2, 0.25) is 12.3 Å². The number of hydrogen-bond acceptors (Lipinski definition) is 5. The summed E-state index contributed by atoms with van der Waals surface area (Å²) in [5.41, 5.74) is 7.94. The smallest absolute Gasteiger partial charge is 0.209 e. The van der Waals surface area contributed by atoms with Gasteiger partial charge in [-0.2, -0.15) is 0 Å². The van der Waals surface area contributed by atoms with Gasteiger partial charge >= 0.3 is 0 Å². The van der Waals surface area contributed by atoms with Crippen molar-refractivity contribution in [1.29, 1.82) is 0 Å². The van der Waals surface area contributed by atoms with Crippen LogP contribution in [0.15, 0.2) is 22.6 Å². The molecule has 1 amide bonds. The summed E-state index contributed by atoms with van der Waals surface area (Å²) < 4.78 is 5.69. The average Bonchev–Trinajstić information content (AvgIpc) is 2.84. The molecule has 19 heavy (non-hydrogen) atoms. The van der Waals surface area contributed by atoms with Gasteiger partial charge in [0.1, 0.15) is 5.52 Å². The minimum atomic E-state index is 0.637. The Morgan fingerprint density at radius 1 is 1.32 bits per heavy atom. The highest BCUT2D eigenvalue weighted by molar-refractivity contribution is 5.85. The molecule has 1 fully saturated rings. The number of aromatic nitrogens is 1. The van der Waals surface area contributed by atoms with Crippen LogP contribution in [0.3, 0.4) is 0 Å². The van der Waals surface area contributed by atoms with Crippen LogP contribution < -0.4 is 5.73 Å². The zero-order valence-corrected chi connectivity index (χ0v) is 10.6. The van der Waals surface area contributed by atoms with E-state index in [2.05, 4.69) is 9.88 Å².